The van der Waals surface area contributed by atoms with Crippen LogP contribution in [0.25, 0.3) is 0 Å². The van der Waals surface area contributed by atoms with E-state index in [0.717, 1.165) is 5.69 Å². The second kappa shape index (κ2) is 10.9. The average molecular weight is 496 g/mol. The van der Waals surface area contributed by atoms with Gasteiger partial charge >= 0.3 is 6.36 Å². The number of aliphatic hydroxyl groups is 1. The normalized spacial score (nSPS) is 12.8. The van der Waals surface area contributed by atoms with E-state index in [2.05, 4.69) is 20.0 Å². The third-order valence-corrected chi connectivity index (χ3v) is 3.36. The summed E-state index contributed by atoms with van der Waals surface area (Å²) < 4.78 is 40.1. The summed E-state index contributed by atoms with van der Waals surface area (Å²) in [6, 6.07) is 10.6. The molecule has 1 aromatic carbocycles. The summed E-state index contributed by atoms with van der Waals surface area (Å²) in [5, 5.41) is 12.2. The molecule has 0 saturated carbocycles. The number of anilines is 1. The van der Waals surface area contributed by atoms with E-state index in [1.165, 1.54) is 24.3 Å². The van der Waals surface area contributed by atoms with Crippen LogP contribution in [0.1, 0.15) is 5.69 Å². The van der Waals surface area contributed by atoms with E-state index in [1.807, 2.05) is 18.2 Å². The van der Waals surface area contributed by atoms with E-state index in [0.29, 0.717) is 12.1 Å². The van der Waals surface area contributed by atoms with E-state index in [9.17, 15) is 18.3 Å². The lowest BCUT2D eigenvalue weighted by molar-refractivity contribution is -0.274. The fourth-order valence-corrected chi connectivity index (χ4v) is 2.16. The molecular formula is C17H20F3IN4O2. The second-order valence-corrected chi connectivity index (χ2v) is 5.50. The first-order valence-electron chi connectivity index (χ1n) is 7.79. The molecule has 27 heavy (non-hydrogen) atoms. The number of aromatic nitrogens is 1. The molecule has 0 fully saturated rings. The van der Waals surface area contributed by atoms with Crippen molar-refractivity contribution in [2.45, 2.75) is 12.8 Å². The summed E-state index contributed by atoms with van der Waals surface area (Å²) in [4.78, 5) is 8.35. The van der Waals surface area contributed by atoms with Crippen molar-refractivity contribution in [2.75, 3.05) is 18.5 Å². The molecular weight excluding hydrogens is 476 g/mol. The molecule has 2 aromatic rings. The fraction of sp³-hybridized carbons (Fsp3) is 0.294. The van der Waals surface area contributed by atoms with Gasteiger partial charge < -0.3 is 20.9 Å². The molecule has 148 valence electrons. The summed E-state index contributed by atoms with van der Waals surface area (Å²) in [5.74, 6) is -0.379. The molecule has 0 saturated heterocycles. The summed E-state index contributed by atoms with van der Waals surface area (Å²) >= 11 is 0. The number of guanidine groups is 1. The minimum Gasteiger partial charge on any atom is -0.406 e. The fourth-order valence-electron chi connectivity index (χ4n) is 2.16. The maximum absolute atomic E-state index is 12.1. The molecule has 0 aliphatic rings. The van der Waals surface area contributed by atoms with Crippen LogP contribution in [0.2, 0.25) is 0 Å². The predicted molar refractivity (Wildman–Crippen MR) is 107 cm³/mol. The molecule has 0 aliphatic heterocycles. The van der Waals surface area contributed by atoms with Crippen LogP contribution in [0.5, 0.6) is 5.75 Å². The topological polar surface area (TPSA) is 92.8 Å². The van der Waals surface area contributed by atoms with E-state index in [1.54, 1.807) is 6.20 Å². The third kappa shape index (κ3) is 8.91. The zero-order valence-corrected chi connectivity index (χ0v) is 16.5. The number of rotatable bonds is 7. The van der Waals surface area contributed by atoms with Crippen molar-refractivity contribution < 1.29 is 23.0 Å². The van der Waals surface area contributed by atoms with Gasteiger partial charge in [-0.05, 0) is 42.8 Å². The van der Waals surface area contributed by atoms with Gasteiger partial charge in [0.05, 0.1) is 0 Å². The molecule has 0 amide bonds. The zero-order valence-electron chi connectivity index (χ0n) is 14.2. The van der Waals surface area contributed by atoms with E-state index in [4.69, 9.17) is 5.73 Å². The lowest BCUT2D eigenvalue weighted by Crippen LogP contribution is -2.25. The van der Waals surface area contributed by atoms with Crippen LogP contribution in [0.15, 0.2) is 53.7 Å². The number of aliphatic hydroxyl groups excluding tert-OH is 1. The molecule has 6 nitrogen and oxygen atoms in total. The number of hydrogen-bond acceptors (Lipinski definition) is 4. The first-order valence-corrected chi connectivity index (χ1v) is 7.79. The maximum Gasteiger partial charge on any atom is 0.573 e. The van der Waals surface area contributed by atoms with E-state index in [-0.39, 0.29) is 54.8 Å². The molecule has 1 heterocycles. The Balaban J connectivity index is 0.00000364. The molecule has 0 radical (unpaired) electrons. The van der Waals surface area contributed by atoms with Gasteiger partial charge in [0.15, 0.2) is 5.96 Å². The predicted octanol–water partition coefficient (Wildman–Crippen LogP) is 3.18. The largest absolute Gasteiger partial charge is 0.573 e. The number of nitrogens with zero attached hydrogens (tertiary/aromatic N) is 2. The Labute approximate surface area is 171 Å². The highest BCUT2D eigenvalue weighted by Crippen LogP contribution is 2.23. The van der Waals surface area contributed by atoms with Crippen molar-refractivity contribution in [1.82, 2.24) is 4.98 Å². The van der Waals surface area contributed by atoms with Crippen LogP contribution in [-0.4, -0.2) is 35.6 Å². The van der Waals surface area contributed by atoms with Gasteiger partial charge in [-0.2, -0.15) is 0 Å². The monoisotopic (exact) mass is 496 g/mol. The number of benzene rings is 1. The number of alkyl halides is 3. The van der Waals surface area contributed by atoms with Crippen LogP contribution in [0.4, 0.5) is 18.9 Å². The number of nitrogens with two attached hydrogens (primary N) is 1. The van der Waals surface area contributed by atoms with Crippen LogP contribution in [-0.2, 0) is 6.42 Å². The van der Waals surface area contributed by atoms with Gasteiger partial charge in [-0.15, -0.1) is 37.1 Å². The van der Waals surface area contributed by atoms with Crippen molar-refractivity contribution in [3.05, 3.63) is 54.4 Å². The van der Waals surface area contributed by atoms with Crippen LogP contribution in [0.3, 0.4) is 0 Å². The number of aliphatic imine (C=N–C) groups is 1. The van der Waals surface area contributed by atoms with Crippen molar-refractivity contribution >= 4 is 35.6 Å². The van der Waals surface area contributed by atoms with Crippen molar-refractivity contribution in [3.8, 4) is 5.75 Å². The van der Waals surface area contributed by atoms with Crippen molar-refractivity contribution in [1.29, 1.82) is 0 Å². The highest BCUT2D eigenvalue weighted by molar-refractivity contribution is 14.0. The highest BCUT2D eigenvalue weighted by atomic mass is 127. The zero-order chi connectivity index (χ0) is 19.0. The Kier molecular flexibility index (Phi) is 9.29. The Morgan fingerprint density at radius 3 is 2.48 bits per heavy atom. The molecule has 10 heteroatoms. The van der Waals surface area contributed by atoms with Gasteiger partial charge in [-0.25, -0.2) is 0 Å². The van der Waals surface area contributed by atoms with Crippen LogP contribution < -0.4 is 15.8 Å². The number of pyridine rings is 1. The maximum atomic E-state index is 12.1. The smallest absolute Gasteiger partial charge is 0.406 e. The molecule has 1 atom stereocenters. The molecule has 0 spiro atoms. The van der Waals surface area contributed by atoms with Gasteiger partial charge in [0.2, 0.25) is 0 Å². The van der Waals surface area contributed by atoms with Gasteiger partial charge in [-0.1, -0.05) is 6.07 Å². The molecule has 1 aromatic heterocycles. The lowest BCUT2D eigenvalue weighted by atomic mass is 10.0. The SMILES string of the molecule is I.NC(=NCC(CO)Cc1ccccn1)Nc1ccc(OC(F)(F)F)cc1. The van der Waals surface area contributed by atoms with Gasteiger partial charge in [-0.3, -0.25) is 9.98 Å². The number of hydrogen-bond donors (Lipinski definition) is 3. The summed E-state index contributed by atoms with van der Waals surface area (Å²) in [7, 11) is 0. The van der Waals surface area contributed by atoms with Crippen molar-refractivity contribution in [3.63, 3.8) is 0 Å². The number of nitrogens with one attached hydrogen (secondary N) is 1. The summed E-state index contributed by atoms with van der Waals surface area (Å²) in [6.45, 7) is 0.206. The van der Waals surface area contributed by atoms with Gasteiger partial charge in [0, 0.05) is 36.6 Å². The number of halogens is 4. The average Bonchev–Trinajstić information content (AvgIpc) is 2.60. The lowest BCUT2D eigenvalue weighted by Gasteiger charge is -2.12. The Hall–Kier alpha value is -2.08. The van der Waals surface area contributed by atoms with Crippen LogP contribution >= 0.6 is 24.0 Å². The molecule has 4 N–H and O–H groups in total. The Morgan fingerprint density at radius 1 is 1.22 bits per heavy atom. The van der Waals surface area contributed by atoms with Gasteiger partial charge in [0.25, 0.3) is 0 Å². The molecule has 0 aliphatic carbocycles. The van der Waals surface area contributed by atoms with Crippen LogP contribution in [0, 0.1) is 5.92 Å². The van der Waals surface area contributed by atoms with Gasteiger partial charge in [0.1, 0.15) is 5.75 Å². The second-order valence-electron chi connectivity index (χ2n) is 5.50. The third-order valence-electron chi connectivity index (χ3n) is 3.36. The Bertz CT molecular complexity index is 712. The minimum absolute atomic E-state index is 0. The molecule has 2 rings (SSSR count). The Morgan fingerprint density at radius 2 is 1.93 bits per heavy atom. The standard InChI is InChI=1S/C17H19F3N4O2.HI/c18-17(19,20)26-15-6-4-13(5-7-15)24-16(21)23-10-12(11-25)9-14-3-1-2-8-22-14;/h1-8,12,25H,9-11H2,(H3,21,23,24);1H. The highest BCUT2D eigenvalue weighted by Gasteiger charge is 2.30. The quantitative estimate of drug-likeness (QED) is 0.311. The summed E-state index contributed by atoms with van der Waals surface area (Å²) in [5.41, 5.74) is 7.08. The first kappa shape index (κ1) is 23.0. The van der Waals surface area contributed by atoms with E-state index < -0.39 is 6.36 Å². The van der Waals surface area contributed by atoms with Crippen molar-refractivity contribution in [2.24, 2.45) is 16.6 Å². The first-order chi connectivity index (χ1) is 12.4. The number of ether oxygens (including phenoxy) is 1. The minimum atomic E-state index is -4.73. The summed E-state index contributed by atoms with van der Waals surface area (Å²) in [6.07, 6.45) is -2.50. The molecule has 0 bridgehead atoms. The van der Waals surface area contributed by atoms with E-state index >= 15 is 0 Å². The molecule has 1 unspecified atom stereocenters.